The van der Waals surface area contributed by atoms with E-state index in [9.17, 15) is 13.2 Å². The van der Waals surface area contributed by atoms with Crippen LogP contribution in [0, 0.1) is 6.92 Å². The lowest BCUT2D eigenvalue weighted by Gasteiger charge is -2.19. The van der Waals surface area contributed by atoms with Gasteiger partial charge in [0.2, 0.25) is 10.0 Å². The van der Waals surface area contributed by atoms with Crippen molar-refractivity contribution in [3.8, 4) is 5.75 Å². The molecule has 0 aliphatic rings. The van der Waals surface area contributed by atoms with Crippen molar-refractivity contribution in [2.24, 2.45) is 0 Å². The third kappa shape index (κ3) is 4.75. The Hall–Kier alpha value is -2.49. The van der Waals surface area contributed by atoms with E-state index in [1.54, 1.807) is 39.1 Å². The van der Waals surface area contributed by atoms with Gasteiger partial charge in [-0.2, -0.15) is 8.68 Å². The van der Waals surface area contributed by atoms with E-state index >= 15 is 0 Å². The van der Waals surface area contributed by atoms with Gasteiger partial charge in [0.1, 0.15) is 5.75 Å². The van der Waals surface area contributed by atoms with Gasteiger partial charge in [-0.3, -0.25) is 4.79 Å². The van der Waals surface area contributed by atoms with Crippen molar-refractivity contribution in [1.29, 1.82) is 0 Å². The fraction of sp³-hybridized carbons (Fsp3) is 0.300. The molecule has 0 saturated heterocycles. The molecular weight excluding hydrogens is 410 g/mol. The first-order valence-electron chi connectivity index (χ1n) is 9.23. The van der Waals surface area contributed by atoms with Crippen LogP contribution in [0.25, 0.3) is 10.1 Å². The predicted molar refractivity (Wildman–Crippen MR) is 115 cm³/mol. The first kappa shape index (κ1) is 21.2. The fourth-order valence-electron chi connectivity index (χ4n) is 2.95. The zero-order chi connectivity index (χ0) is 21.0. The molecule has 9 heteroatoms. The molecule has 0 radical (unpaired) electrons. The minimum absolute atomic E-state index is 0.178. The minimum atomic E-state index is -3.53. The minimum Gasteiger partial charge on any atom is -0.483 e. The van der Waals surface area contributed by atoms with E-state index in [0.717, 1.165) is 10.1 Å². The highest BCUT2D eigenvalue weighted by atomic mass is 32.2. The Morgan fingerprint density at radius 2 is 1.93 bits per heavy atom. The number of hydrogen-bond donors (Lipinski definition) is 1. The molecule has 3 aromatic rings. The van der Waals surface area contributed by atoms with Crippen LogP contribution in [0.2, 0.25) is 0 Å². The zero-order valence-electron chi connectivity index (χ0n) is 16.5. The first-order chi connectivity index (χ1) is 13.8. The fourth-order valence-corrected chi connectivity index (χ4v) is 5.12. The Bertz CT molecular complexity index is 1120. The summed E-state index contributed by atoms with van der Waals surface area (Å²) in [6.07, 6.45) is 1.75. The maximum Gasteiger partial charge on any atom is 0.262 e. The highest BCUT2D eigenvalue weighted by Crippen LogP contribution is 2.25. The van der Waals surface area contributed by atoms with Gasteiger partial charge >= 0.3 is 0 Å². The molecular formula is C20H23N3O4S2. The number of hydrogen-bond acceptors (Lipinski definition) is 6. The number of nitrogens with one attached hydrogen (secondary N) is 1. The number of benzene rings is 2. The Labute approximate surface area is 174 Å². The standard InChI is InChI=1S/C20H23N3O4S2/c1-4-23(5-2)29(25,26)17-7-8-18(14(3)10-17)27-13-20(24)22-16-6-9-19-15(11-16)12-21-28-19/h6-12H,4-5,13H2,1-3H3,(H,22,24). The molecule has 3 rings (SSSR count). The van der Waals surface area contributed by atoms with Gasteiger partial charge in [0.25, 0.3) is 5.91 Å². The van der Waals surface area contributed by atoms with Crippen LogP contribution in [0.15, 0.2) is 47.5 Å². The molecule has 0 spiro atoms. The Balaban J connectivity index is 1.65. The third-order valence-corrected chi connectivity index (χ3v) is 7.31. The molecule has 0 bridgehead atoms. The summed E-state index contributed by atoms with van der Waals surface area (Å²) in [6, 6.07) is 10.2. The number of carbonyl (C=O) groups excluding carboxylic acids is 1. The molecule has 2 aromatic carbocycles. The second-order valence-corrected chi connectivity index (χ2v) is 9.20. The number of carbonyl (C=O) groups is 1. The molecule has 154 valence electrons. The van der Waals surface area contributed by atoms with Crippen LogP contribution in [0.5, 0.6) is 5.75 Å². The number of amides is 1. The van der Waals surface area contributed by atoms with Crippen LogP contribution in [-0.2, 0) is 14.8 Å². The molecule has 0 atom stereocenters. The normalized spacial score (nSPS) is 11.7. The maximum atomic E-state index is 12.6. The highest BCUT2D eigenvalue weighted by Gasteiger charge is 2.22. The number of ether oxygens (including phenoxy) is 1. The second kappa shape index (κ2) is 8.89. The molecule has 1 amide bonds. The van der Waals surface area contributed by atoms with Crippen LogP contribution in [0.1, 0.15) is 19.4 Å². The van der Waals surface area contributed by atoms with Crippen molar-refractivity contribution in [1.82, 2.24) is 8.68 Å². The lowest BCUT2D eigenvalue weighted by molar-refractivity contribution is -0.118. The van der Waals surface area contributed by atoms with Gasteiger partial charge in [0.05, 0.1) is 9.60 Å². The monoisotopic (exact) mass is 433 g/mol. The largest absolute Gasteiger partial charge is 0.483 e. The van der Waals surface area contributed by atoms with Crippen molar-refractivity contribution in [2.45, 2.75) is 25.7 Å². The van der Waals surface area contributed by atoms with E-state index in [4.69, 9.17) is 4.74 Å². The molecule has 1 N–H and O–H groups in total. The Morgan fingerprint density at radius 3 is 2.62 bits per heavy atom. The van der Waals surface area contributed by atoms with Crippen molar-refractivity contribution in [3.63, 3.8) is 0 Å². The van der Waals surface area contributed by atoms with E-state index < -0.39 is 10.0 Å². The molecule has 0 aliphatic heterocycles. The summed E-state index contributed by atoms with van der Waals surface area (Å²) < 4.78 is 37.4. The van der Waals surface area contributed by atoms with Crippen LogP contribution < -0.4 is 10.1 Å². The summed E-state index contributed by atoms with van der Waals surface area (Å²) in [5.74, 6) is 0.169. The average Bonchev–Trinajstić information content (AvgIpc) is 3.15. The van der Waals surface area contributed by atoms with E-state index in [-0.39, 0.29) is 17.4 Å². The van der Waals surface area contributed by atoms with E-state index in [2.05, 4.69) is 9.69 Å². The van der Waals surface area contributed by atoms with E-state index in [1.165, 1.54) is 21.9 Å². The van der Waals surface area contributed by atoms with Gasteiger partial charge in [-0.1, -0.05) is 13.8 Å². The summed E-state index contributed by atoms with van der Waals surface area (Å²) in [5, 5.41) is 3.76. The van der Waals surface area contributed by atoms with Crippen molar-refractivity contribution < 1.29 is 17.9 Å². The number of aryl methyl sites for hydroxylation is 1. The predicted octanol–water partition coefficient (Wildman–Crippen LogP) is 3.65. The van der Waals surface area contributed by atoms with Crippen molar-refractivity contribution >= 4 is 43.2 Å². The Kier molecular flexibility index (Phi) is 6.51. The molecule has 0 aliphatic carbocycles. The topological polar surface area (TPSA) is 88.6 Å². The number of sulfonamides is 1. The van der Waals surface area contributed by atoms with Crippen LogP contribution in [0.4, 0.5) is 5.69 Å². The molecule has 0 saturated carbocycles. The third-order valence-electron chi connectivity index (χ3n) is 4.48. The zero-order valence-corrected chi connectivity index (χ0v) is 18.1. The SMILES string of the molecule is CCN(CC)S(=O)(=O)c1ccc(OCC(=O)Nc2ccc3sncc3c2)c(C)c1. The number of anilines is 1. The molecule has 7 nitrogen and oxygen atoms in total. The molecule has 1 heterocycles. The van der Waals surface area contributed by atoms with E-state index in [0.29, 0.717) is 30.1 Å². The lowest BCUT2D eigenvalue weighted by atomic mass is 10.2. The van der Waals surface area contributed by atoms with Gasteiger partial charge in [0.15, 0.2) is 6.61 Å². The molecule has 29 heavy (non-hydrogen) atoms. The lowest BCUT2D eigenvalue weighted by Crippen LogP contribution is -2.30. The summed E-state index contributed by atoms with van der Waals surface area (Å²) in [6.45, 7) is 6.00. The molecule has 0 fully saturated rings. The summed E-state index contributed by atoms with van der Waals surface area (Å²) in [5.41, 5.74) is 1.32. The number of aromatic nitrogens is 1. The van der Waals surface area contributed by atoms with Crippen LogP contribution in [-0.4, -0.2) is 42.7 Å². The number of rotatable bonds is 8. The first-order valence-corrected chi connectivity index (χ1v) is 11.4. The second-order valence-electron chi connectivity index (χ2n) is 6.43. The van der Waals surface area contributed by atoms with Crippen LogP contribution in [0.3, 0.4) is 0 Å². The van der Waals surface area contributed by atoms with Crippen molar-refractivity contribution in [3.05, 3.63) is 48.2 Å². The molecule has 0 unspecified atom stereocenters. The summed E-state index contributed by atoms with van der Waals surface area (Å²) >= 11 is 1.40. The molecule has 1 aromatic heterocycles. The maximum absolute atomic E-state index is 12.6. The van der Waals surface area contributed by atoms with Gasteiger partial charge in [-0.15, -0.1) is 0 Å². The Morgan fingerprint density at radius 1 is 1.17 bits per heavy atom. The van der Waals surface area contributed by atoms with Gasteiger partial charge in [-0.25, -0.2) is 8.42 Å². The van der Waals surface area contributed by atoms with Gasteiger partial charge < -0.3 is 10.1 Å². The highest BCUT2D eigenvalue weighted by molar-refractivity contribution is 7.89. The quantitative estimate of drug-likeness (QED) is 0.586. The average molecular weight is 434 g/mol. The van der Waals surface area contributed by atoms with Gasteiger partial charge in [0, 0.05) is 30.4 Å². The summed E-state index contributed by atoms with van der Waals surface area (Å²) in [7, 11) is -3.53. The van der Waals surface area contributed by atoms with Crippen LogP contribution >= 0.6 is 11.5 Å². The summed E-state index contributed by atoms with van der Waals surface area (Å²) in [4.78, 5) is 12.4. The smallest absolute Gasteiger partial charge is 0.262 e. The van der Waals surface area contributed by atoms with Crippen molar-refractivity contribution in [2.75, 3.05) is 25.0 Å². The number of nitrogens with zero attached hydrogens (tertiary/aromatic N) is 2. The van der Waals surface area contributed by atoms with E-state index in [1.807, 2.05) is 18.2 Å². The van der Waals surface area contributed by atoms with Gasteiger partial charge in [-0.05, 0) is 60.4 Å². The number of fused-ring (bicyclic) bond motifs is 1.